The van der Waals surface area contributed by atoms with Gasteiger partial charge in [-0.15, -0.1) is 0 Å². The molecule has 0 spiro atoms. The van der Waals surface area contributed by atoms with E-state index in [2.05, 4.69) is 4.98 Å². The number of nitrogens with zero attached hydrogens (tertiary/aromatic N) is 1. The third kappa shape index (κ3) is 1.40. The molecule has 1 rings (SSSR count). The van der Waals surface area contributed by atoms with Crippen molar-refractivity contribution in [1.29, 1.82) is 0 Å². The number of carbonyl (C=O) groups is 2. The van der Waals surface area contributed by atoms with Crippen LogP contribution in [-0.2, 0) is 0 Å². The fourth-order valence-electron chi connectivity index (χ4n) is 0.661. The van der Waals surface area contributed by atoms with Crippen molar-refractivity contribution < 1.29 is 9.59 Å². The Morgan fingerprint density at radius 3 is 2.55 bits per heavy atom. The molecule has 0 radical (unpaired) electrons. The average Bonchev–Trinajstić information content (AvgIpc) is 2.05. The van der Waals surface area contributed by atoms with E-state index in [1.807, 2.05) is 0 Å². The number of carbonyl (C=O) groups excluding carboxylic acids is 2. The molecule has 0 unspecified atom stereocenters. The third-order valence-electron chi connectivity index (χ3n) is 1.21. The van der Waals surface area contributed by atoms with Gasteiger partial charge < -0.3 is 5.73 Å². The molecule has 56 valence electrons. The summed E-state index contributed by atoms with van der Waals surface area (Å²) in [6.45, 7) is 0. The number of nitrogen functional groups attached to an aromatic ring is 1. The maximum Gasteiger partial charge on any atom is 0.170 e. The molecule has 0 aliphatic rings. The van der Waals surface area contributed by atoms with Crippen molar-refractivity contribution in [2.45, 2.75) is 0 Å². The monoisotopic (exact) mass is 150 g/mol. The average molecular weight is 150 g/mol. The van der Waals surface area contributed by atoms with Crippen LogP contribution in [0.1, 0.15) is 21.0 Å². The molecule has 4 heteroatoms. The predicted octanol–water partition coefficient (Wildman–Crippen LogP) is 0.289. The van der Waals surface area contributed by atoms with E-state index in [0.717, 1.165) is 0 Å². The molecule has 4 nitrogen and oxygen atoms in total. The van der Waals surface area contributed by atoms with Crippen LogP contribution in [0.5, 0.6) is 0 Å². The van der Waals surface area contributed by atoms with Crippen molar-refractivity contribution in [2.75, 3.05) is 5.73 Å². The Morgan fingerprint density at radius 1 is 1.27 bits per heavy atom. The Balaban J connectivity index is 3.22. The Hall–Kier alpha value is -1.71. The molecule has 0 saturated heterocycles. The van der Waals surface area contributed by atoms with Crippen molar-refractivity contribution in [1.82, 2.24) is 4.98 Å². The van der Waals surface area contributed by atoms with E-state index in [0.29, 0.717) is 12.6 Å². The summed E-state index contributed by atoms with van der Waals surface area (Å²) >= 11 is 0. The molecule has 1 aromatic rings. The molecule has 2 N–H and O–H groups in total. The molecule has 0 atom stereocenters. The number of aldehydes is 2. The van der Waals surface area contributed by atoms with Crippen LogP contribution in [0, 0.1) is 0 Å². The molecule has 0 amide bonds. The van der Waals surface area contributed by atoms with Crippen molar-refractivity contribution in [3.8, 4) is 0 Å². The number of anilines is 1. The lowest BCUT2D eigenvalue weighted by Crippen LogP contribution is -1.98. The third-order valence-corrected chi connectivity index (χ3v) is 1.21. The minimum absolute atomic E-state index is 0.106. The van der Waals surface area contributed by atoms with Gasteiger partial charge in [0.25, 0.3) is 0 Å². The first kappa shape index (κ1) is 7.40. The van der Waals surface area contributed by atoms with Crippen LogP contribution >= 0.6 is 0 Å². The van der Waals surface area contributed by atoms with Gasteiger partial charge in [-0.05, 0) is 12.1 Å². The zero-order chi connectivity index (χ0) is 8.27. The van der Waals surface area contributed by atoms with Gasteiger partial charge in [-0.1, -0.05) is 0 Å². The summed E-state index contributed by atoms with van der Waals surface area (Å²) in [5, 5.41) is 0. The number of hydrogen-bond acceptors (Lipinski definition) is 4. The second kappa shape index (κ2) is 2.92. The van der Waals surface area contributed by atoms with Crippen LogP contribution < -0.4 is 5.73 Å². The Labute approximate surface area is 63.0 Å². The number of pyridine rings is 1. The summed E-state index contributed by atoms with van der Waals surface area (Å²) in [5.74, 6) is 0. The Morgan fingerprint density at radius 2 is 2.00 bits per heavy atom. The smallest absolute Gasteiger partial charge is 0.170 e. The van der Waals surface area contributed by atoms with Gasteiger partial charge in [0.15, 0.2) is 12.6 Å². The van der Waals surface area contributed by atoms with Crippen LogP contribution in [0.3, 0.4) is 0 Å². The van der Waals surface area contributed by atoms with E-state index >= 15 is 0 Å². The number of hydrogen-bond donors (Lipinski definition) is 1. The molecule has 0 saturated carbocycles. The zero-order valence-electron chi connectivity index (χ0n) is 5.65. The van der Waals surface area contributed by atoms with E-state index < -0.39 is 0 Å². The van der Waals surface area contributed by atoms with Gasteiger partial charge in [0, 0.05) is 0 Å². The van der Waals surface area contributed by atoms with Crippen molar-refractivity contribution in [3.63, 3.8) is 0 Å². The highest BCUT2D eigenvalue weighted by atomic mass is 16.1. The lowest BCUT2D eigenvalue weighted by Gasteiger charge is -1.95. The predicted molar refractivity (Wildman–Crippen MR) is 39.4 cm³/mol. The van der Waals surface area contributed by atoms with E-state index in [-0.39, 0.29) is 17.1 Å². The summed E-state index contributed by atoms with van der Waals surface area (Å²) < 4.78 is 0. The van der Waals surface area contributed by atoms with Gasteiger partial charge in [0.1, 0.15) is 11.4 Å². The molecule has 0 bridgehead atoms. The molecule has 0 aliphatic carbocycles. The lowest BCUT2D eigenvalue weighted by molar-refractivity contribution is 0.111. The maximum atomic E-state index is 10.2. The second-order valence-electron chi connectivity index (χ2n) is 1.95. The Bertz CT molecular complexity index is 296. The van der Waals surface area contributed by atoms with Gasteiger partial charge >= 0.3 is 0 Å². The maximum absolute atomic E-state index is 10.2. The summed E-state index contributed by atoms with van der Waals surface area (Å²) in [5.41, 5.74) is 5.94. The number of aromatic nitrogens is 1. The SMILES string of the molecule is Nc1ccc(C=O)nc1C=O. The van der Waals surface area contributed by atoms with Gasteiger partial charge in [0.05, 0.1) is 5.69 Å². The topological polar surface area (TPSA) is 73.1 Å². The fraction of sp³-hybridized carbons (Fsp3) is 0. The molecule has 0 fully saturated rings. The molecule has 0 aromatic carbocycles. The summed E-state index contributed by atoms with van der Waals surface area (Å²) in [6, 6.07) is 2.93. The van der Waals surface area contributed by atoms with Gasteiger partial charge in [0.2, 0.25) is 0 Å². The van der Waals surface area contributed by atoms with Crippen LogP contribution in [-0.4, -0.2) is 17.6 Å². The number of rotatable bonds is 2. The first-order chi connectivity index (χ1) is 5.27. The van der Waals surface area contributed by atoms with Crippen LogP contribution in [0.4, 0.5) is 5.69 Å². The highest BCUT2D eigenvalue weighted by Crippen LogP contribution is 2.05. The largest absolute Gasteiger partial charge is 0.397 e. The number of nitrogens with two attached hydrogens (primary N) is 1. The van der Waals surface area contributed by atoms with E-state index in [4.69, 9.17) is 5.73 Å². The van der Waals surface area contributed by atoms with Crippen LogP contribution in [0.15, 0.2) is 12.1 Å². The standard InChI is InChI=1S/C7H6N2O2/c8-6-2-1-5(3-10)9-7(6)4-11/h1-4H,8H2. The first-order valence-corrected chi connectivity index (χ1v) is 2.95. The molecule has 1 aromatic heterocycles. The van der Waals surface area contributed by atoms with Gasteiger partial charge in [-0.3, -0.25) is 9.59 Å². The van der Waals surface area contributed by atoms with Crippen LogP contribution in [0.2, 0.25) is 0 Å². The first-order valence-electron chi connectivity index (χ1n) is 2.95. The van der Waals surface area contributed by atoms with E-state index in [1.165, 1.54) is 12.1 Å². The minimum atomic E-state index is 0.106. The summed E-state index contributed by atoms with van der Waals surface area (Å²) in [7, 11) is 0. The second-order valence-corrected chi connectivity index (χ2v) is 1.95. The minimum Gasteiger partial charge on any atom is -0.397 e. The van der Waals surface area contributed by atoms with Crippen molar-refractivity contribution in [2.24, 2.45) is 0 Å². The van der Waals surface area contributed by atoms with E-state index in [9.17, 15) is 9.59 Å². The lowest BCUT2D eigenvalue weighted by atomic mass is 10.3. The van der Waals surface area contributed by atoms with Crippen LogP contribution in [0.25, 0.3) is 0 Å². The normalized spacial score (nSPS) is 9.09. The zero-order valence-corrected chi connectivity index (χ0v) is 5.65. The van der Waals surface area contributed by atoms with Crippen molar-refractivity contribution in [3.05, 3.63) is 23.5 Å². The fourth-order valence-corrected chi connectivity index (χ4v) is 0.661. The molecular weight excluding hydrogens is 144 g/mol. The summed E-state index contributed by atoms with van der Waals surface area (Å²) in [6.07, 6.45) is 1.08. The molecular formula is C7H6N2O2. The summed E-state index contributed by atoms with van der Waals surface area (Å²) in [4.78, 5) is 24.1. The molecule has 0 aliphatic heterocycles. The molecule has 1 heterocycles. The molecule has 11 heavy (non-hydrogen) atoms. The van der Waals surface area contributed by atoms with Gasteiger partial charge in [-0.2, -0.15) is 0 Å². The van der Waals surface area contributed by atoms with Crippen molar-refractivity contribution >= 4 is 18.3 Å². The highest BCUT2D eigenvalue weighted by Gasteiger charge is 1.99. The van der Waals surface area contributed by atoms with E-state index in [1.54, 1.807) is 0 Å². The Kier molecular flexibility index (Phi) is 1.96. The quantitative estimate of drug-likeness (QED) is 0.615. The van der Waals surface area contributed by atoms with Gasteiger partial charge in [-0.25, -0.2) is 4.98 Å². The highest BCUT2D eigenvalue weighted by molar-refractivity contribution is 5.83.